The minimum Gasteiger partial charge on any atom is -0.318 e. The molecule has 0 amide bonds. The number of hydrogen-bond acceptors (Lipinski definition) is 2. The van der Waals surface area contributed by atoms with Crippen LogP contribution in [-0.2, 0) is 7.05 Å². The van der Waals surface area contributed by atoms with Crippen LogP contribution in [0.4, 0.5) is 0 Å². The highest BCUT2D eigenvalue weighted by atomic mass is 16.1. The average Bonchev–Trinajstić information content (AvgIpc) is 2.37. The molecule has 3 nitrogen and oxygen atoms in total. The van der Waals surface area contributed by atoms with Crippen molar-refractivity contribution in [3.63, 3.8) is 0 Å². The molecular formula is C14H18N2O. The number of hydrogen-bond donors (Lipinski definition) is 0. The number of nitrogens with zero attached hydrogens (tertiary/aromatic N) is 2. The number of aryl methyl sites for hydroxylation is 2. The fourth-order valence-corrected chi connectivity index (χ4v) is 1.44. The quantitative estimate of drug-likeness (QED) is 0.755. The maximum Gasteiger partial charge on any atom is 0.258 e. The molecule has 0 aromatic carbocycles. The predicted octanol–water partition coefficient (Wildman–Crippen LogP) is 2.78. The highest BCUT2D eigenvalue weighted by Gasteiger charge is 2.03. The summed E-state index contributed by atoms with van der Waals surface area (Å²) in [5, 5.41) is 0. The summed E-state index contributed by atoms with van der Waals surface area (Å²) in [7, 11) is 1.74. The van der Waals surface area contributed by atoms with E-state index in [-0.39, 0.29) is 5.56 Å². The van der Waals surface area contributed by atoms with E-state index in [0.717, 1.165) is 11.3 Å². The molecule has 0 bridgehead atoms. The molecule has 0 saturated carbocycles. The lowest BCUT2D eigenvalue weighted by molar-refractivity contribution is 0.863. The number of pyridine rings is 2. The largest absolute Gasteiger partial charge is 0.318 e. The van der Waals surface area contributed by atoms with Crippen LogP contribution in [0.5, 0.6) is 0 Å². The van der Waals surface area contributed by atoms with E-state index in [1.807, 2.05) is 45.0 Å². The zero-order valence-corrected chi connectivity index (χ0v) is 10.8. The minimum atomic E-state index is 0.00292. The summed E-state index contributed by atoms with van der Waals surface area (Å²) >= 11 is 0. The molecule has 0 aliphatic heterocycles. The van der Waals surface area contributed by atoms with Crippen molar-refractivity contribution in [2.75, 3.05) is 0 Å². The third kappa shape index (κ3) is 3.03. The van der Waals surface area contributed by atoms with Crippen molar-refractivity contribution in [3.05, 3.63) is 52.7 Å². The van der Waals surface area contributed by atoms with Gasteiger partial charge in [-0.15, -0.1) is 0 Å². The predicted molar refractivity (Wildman–Crippen MR) is 71.0 cm³/mol. The lowest BCUT2D eigenvalue weighted by Gasteiger charge is -2.02. The fraction of sp³-hybridized carbons (Fsp3) is 0.286. The number of rotatable bonds is 1. The SMILES string of the molecule is CC.Cc1ccc(-c2cccn(C)c2=O)cn1. The molecule has 2 aromatic rings. The normalized spacial score (nSPS) is 9.41. The van der Waals surface area contributed by atoms with Crippen molar-refractivity contribution < 1.29 is 0 Å². The van der Waals surface area contributed by atoms with Gasteiger partial charge in [0.25, 0.3) is 5.56 Å². The van der Waals surface area contributed by atoms with Gasteiger partial charge < -0.3 is 4.57 Å². The molecule has 17 heavy (non-hydrogen) atoms. The van der Waals surface area contributed by atoms with E-state index in [4.69, 9.17) is 0 Å². The van der Waals surface area contributed by atoms with Crippen LogP contribution < -0.4 is 5.56 Å². The first-order valence-corrected chi connectivity index (χ1v) is 5.77. The molecular weight excluding hydrogens is 212 g/mol. The Bertz CT molecular complexity index is 527. The molecule has 0 radical (unpaired) electrons. The van der Waals surface area contributed by atoms with Crippen molar-refractivity contribution in [1.29, 1.82) is 0 Å². The molecule has 0 saturated heterocycles. The van der Waals surface area contributed by atoms with Gasteiger partial charge in [0.2, 0.25) is 0 Å². The van der Waals surface area contributed by atoms with Crippen LogP contribution in [0.15, 0.2) is 41.5 Å². The molecule has 0 fully saturated rings. The standard InChI is InChI=1S/C12H12N2O.C2H6/c1-9-5-6-10(8-13-9)11-4-3-7-14(2)12(11)15;1-2/h3-8H,1-2H3;1-2H3. The Morgan fingerprint density at radius 3 is 2.47 bits per heavy atom. The van der Waals surface area contributed by atoms with Gasteiger partial charge in [0.15, 0.2) is 0 Å². The summed E-state index contributed by atoms with van der Waals surface area (Å²) in [6, 6.07) is 7.49. The van der Waals surface area contributed by atoms with E-state index in [0.29, 0.717) is 5.56 Å². The third-order valence-electron chi connectivity index (χ3n) is 2.35. The van der Waals surface area contributed by atoms with Gasteiger partial charge in [-0.05, 0) is 25.1 Å². The second kappa shape index (κ2) is 5.99. The summed E-state index contributed by atoms with van der Waals surface area (Å²) in [6.07, 6.45) is 3.47. The van der Waals surface area contributed by atoms with E-state index >= 15 is 0 Å². The van der Waals surface area contributed by atoms with E-state index in [2.05, 4.69) is 4.98 Å². The average molecular weight is 230 g/mol. The highest BCUT2D eigenvalue weighted by Crippen LogP contribution is 2.13. The van der Waals surface area contributed by atoms with Gasteiger partial charge in [0, 0.05) is 36.3 Å². The molecule has 0 N–H and O–H groups in total. The third-order valence-corrected chi connectivity index (χ3v) is 2.35. The van der Waals surface area contributed by atoms with Crippen molar-refractivity contribution in [2.45, 2.75) is 20.8 Å². The monoisotopic (exact) mass is 230 g/mol. The van der Waals surface area contributed by atoms with Crippen LogP contribution in [0.25, 0.3) is 11.1 Å². The van der Waals surface area contributed by atoms with Crippen LogP contribution in [0.1, 0.15) is 19.5 Å². The van der Waals surface area contributed by atoms with E-state index in [1.165, 1.54) is 0 Å². The summed E-state index contributed by atoms with van der Waals surface area (Å²) in [5.74, 6) is 0. The summed E-state index contributed by atoms with van der Waals surface area (Å²) in [4.78, 5) is 16.0. The molecule has 90 valence electrons. The second-order valence-corrected chi connectivity index (χ2v) is 3.53. The van der Waals surface area contributed by atoms with Crippen LogP contribution in [0.2, 0.25) is 0 Å². The Labute approximate surface area is 102 Å². The Morgan fingerprint density at radius 1 is 1.18 bits per heavy atom. The van der Waals surface area contributed by atoms with Crippen molar-refractivity contribution in [1.82, 2.24) is 9.55 Å². The van der Waals surface area contributed by atoms with Crippen molar-refractivity contribution in [2.24, 2.45) is 7.05 Å². The molecule has 0 aliphatic rings. The van der Waals surface area contributed by atoms with Gasteiger partial charge in [-0.25, -0.2) is 0 Å². The fourth-order valence-electron chi connectivity index (χ4n) is 1.44. The van der Waals surface area contributed by atoms with Crippen molar-refractivity contribution in [3.8, 4) is 11.1 Å². The van der Waals surface area contributed by atoms with Gasteiger partial charge in [0.05, 0.1) is 0 Å². The van der Waals surface area contributed by atoms with Gasteiger partial charge in [0.1, 0.15) is 0 Å². The van der Waals surface area contributed by atoms with Crippen LogP contribution in [-0.4, -0.2) is 9.55 Å². The van der Waals surface area contributed by atoms with Gasteiger partial charge in [-0.3, -0.25) is 9.78 Å². The Balaban J connectivity index is 0.000000686. The van der Waals surface area contributed by atoms with Crippen LogP contribution >= 0.6 is 0 Å². The maximum atomic E-state index is 11.8. The topological polar surface area (TPSA) is 34.9 Å². The highest BCUT2D eigenvalue weighted by molar-refractivity contribution is 5.61. The summed E-state index contributed by atoms with van der Waals surface area (Å²) in [6.45, 7) is 5.92. The zero-order valence-electron chi connectivity index (χ0n) is 10.8. The maximum absolute atomic E-state index is 11.8. The molecule has 0 atom stereocenters. The van der Waals surface area contributed by atoms with Gasteiger partial charge >= 0.3 is 0 Å². The lowest BCUT2D eigenvalue weighted by Crippen LogP contribution is -2.17. The van der Waals surface area contributed by atoms with Crippen LogP contribution in [0, 0.1) is 6.92 Å². The smallest absolute Gasteiger partial charge is 0.258 e. The summed E-state index contributed by atoms with van der Waals surface area (Å²) in [5.41, 5.74) is 2.50. The Morgan fingerprint density at radius 2 is 1.88 bits per heavy atom. The molecule has 2 rings (SSSR count). The lowest BCUT2D eigenvalue weighted by atomic mass is 10.1. The minimum absolute atomic E-state index is 0.00292. The van der Waals surface area contributed by atoms with Gasteiger partial charge in [-0.1, -0.05) is 19.9 Å². The first kappa shape index (κ1) is 13.2. The molecule has 3 heteroatoms. The molecule has 2 aromatic heterocycles. The molecule has 0 aliphatic carbocycles. The molecule has 0 unspecified atom stereocenters. The number of aromatic nitrogens is 2. The Kier molecular flexibility index (Phi) is 4.64. The Hall–Kier alpha value is -1.90. The van der Waals surface area contributed by atoms with Gasteiger partial charge in [-0.2, -0.15) is 0 Å². The molecule has 0 spiro atoms. The first-order valence-electron chi connectivity index (χ1n) is 5.77. The first-order chi connectivity index (χ1) is 8.18. The van der Waals surface area contributed by atoms with Crippen LogP contribution in [0.3, 0.4) is 0 Å². The summed E-state index contributed by atoms with van der Waals surface area (Å²) < 4.78 is 1.56. The van der Waals surface area contributed by atoms with E-state index < -0.39 is 0 Å². The van der Waals surface area contributed by atoms with E-state index in [9.17, 15) is 4.79 Å². The second-order valence-electron chi connectivity index (χ2n) is 3.53. The van der Waals surface area contributed by atoms with E-state index in [1.54, 1.807) is 24.0 Å². The molecule has 2 heterocycles. The van der Waals surface area contributed by atoms with Crippen molar-refractivity contribution >= 4 is 0 Å². The zero-order chi connectivity index (χ0) is 12.8.